The van der Waals surface area contributed by atoms with Crippen LogP contribution in [0.15, 0.2) is 12.3 Å². The van der Waals surface area contributed by atoms with Crippen molar-refractivity contribution in [2.45, 2.75) is 6.92 Å². The highest BCUT2D eigenvalue weighted by Crippen LogP contribution is 2.17. The summed E-state index contributed by atoms with van der Waals surface area (Å²) in [6.07, 6.45) is 1.64. The molecule has 2 heterocycles. The van der Waals surface area contributed by atoms with Gasteiger partial charge in [0.25, 0.3) is 5.91 Å². The van der Waals surface area contributed by atoms with Crippen LogP contribution in [0.5, 0.6) is 0 Å². The minimum Gasteiger partial charge on any atom is -0.387 e. The molecule has 1 saturated heterocycles. The lowest BCUT2D eigenvalue weighted by Gasteiger charge is -2.27. The fraction of sp³-hybridized carbons (Fsp3) is 0.500. The molecule has 0 saturated carbocycles. The lowest BCUT2D eigenvalue weighted by molar-refractivity contribution is 0.0303. The minimum absolute atomic E-state index is 0.0187. The van der Waals surface area contributed by atoms with Gasteiger partial charge in [0.15, 0.2) is 0 Å². The third-order valence-corrected chi connectivity index (χ3v) is 2.84. The smallest absolute Gasteiger partial charge is 0.257 e. The molecule has 17 heavy (non-hydrogen) atoms. The molecule has 1 amide bonds. The van der Waals surface area contributed by atoms with Crippen LogP contribution in [-0.4, -0.2) is 49.1 Å². The summed E-state index contributed by atoms with van der Waals surface area (Å²) in [7, 11) is 1.81. The maximum absolute atomic E-state index is 12.3. The average Bonchev–Trinajstić information content (AvgIpc) is 2.39. The van der Waals surface area contributed by atoms with Crippen molar-refractivity contribution in [3.05, 3.63) is 23.5 Å². The molecular weight excluding hydrogens is 218 g/mol. The van der Waals surface area contributed by atoms with E-state index in [0.717, 1.165) is 11.4 Å². The predicted molar refractivity (Wildman–Crippen MR) is 65.2 cm³/mol. The number of amides is 1. The van der Waals surface area contributed by atoms with Gasteiger partial charge in [-0.05, 0) is 13.0 Å². The summed E-state index contributed by atoms with van der Waals surface area (Å²) in [5, 5.41) is 3.04. The highest BCUT2D eigenvalue weighted by Gasteiger charge is 2.21. The number of rotatable bonds is 2. The van der Waals surface area contributed by atoms with Gasteiger partial charge < -0.3 is 15.0 Å². The Morgan fingerprint density at radius 3 is 2.82 bits per heavy atom. The Balaban J connectivity index is 2.23. The monoisotopic (exact) mass is 235 g/mol. The third kappa shape index (κ3) is 2.55. The number of carbonyl (C=O) groups excluding carboxylic acids is 1. The number of morpholine rings is 1. The molecule has 1 aromatic rings. The van der Waals surface area contributed by atoms with Crippen LogP contribution in [0, 0.1) is 6.92 Å². The van der Waals surface area contributed by atoms with E-state index in [4.69, 9.17) is 4.74 Å². The molecule has 0 aliphatic carbocycles. The first-order chi connectivity index (χ1) is 8.22. The van der Waals surface area contributed by atoms with E-state index in [2.05, 4.69) is 10.3 Å². The molecule has 0 bridgehead atoms. The van der Waals surface area contributed by atoms with Crippen LogP contribution in [0.25, 0.3) is 0 Å². The topological polar surface area (TPSA) is 54.5 Å². The molecule has 0 aromatic carbocycles. The largest absolute Gasteiger partial charge is 0.387 e. The van der Waals surface area contributed by atoms with Gasteiger partial charge in [-0.25, -0.2) is 0 Å². The summed E-state index contributed by atoms with van der Waals surface area (Å²) in [5.41, 5.74) is 2.35. The van der Waals surface area contributed by atoms with Crippen LogP contribution in [0.4, 0.5) is 5.69 Å². The molecule has 0 radical (unpaired) electrons. The Morgan fingerprint density at radius 1 is 1.47 bits per heavy atom. The molecule has 0 atom stereocenters. The molecule has 2 rings (SSSR count). The van der Waals surface area contributed by atoms with Crippen molar-refractivity contribution in [2.24, 2.45) is 0 Å². The fourth-order valence-corrected chi connectivity index (χ4v) is 1.87. The van der Waals surface area contributed by atoms with E-state index in [9.17, 15) is 4.79 Å². The molecule has 1 aliphatic heterocycles. The van der Waals surface area contributed by atoms with Crippen molar-refractivity contribution in [1.82, 2.24) is 9.88 Å². The number of anilines is 1. The highest BCUT2D eigenvalue weighted by atomic mass is 16.5. The Labute approximate surface area is 101 Å². The van der Waals surface area contributed by atoms with Gasteiger partial charge in [0, 0.05) is 32.0 Å². The van der Waals surface area contributed by atoms with Gasteiger partial charge in [0.05, 0.1) is 24.5 Å². The fourth-order valence-electron chi connectivity index (χ4n) is 1.87. The molecule has 0 spiro atoms. The second-order valence-corrected chi connectivity index (χ2v) is 4.03. The SMILES string of the molecule is CNc1cc(C)ncc1C(=O)N1CCOCC1. The van der Waals surface area contributed by atoms with Gasteiger partial charge in [-0.15, -0.1) is 0 Å². The summed E-state index contributed by atoms with van der Waals surface area (Å²) >= 11 is 0. The summed E-state index contributed by atoms with van der Waals surface area (Å²) in [6.45, 7) is 4.43. The van der Waals surface area contributed by atoms with E-state index in [1.165, 1.54) is 0 Å². The van der Waals surface area contributed by atoms with Gasteiger partial charge in [0.1, 0.15) is 0 Å². The van der Waals surface area contributed by atoms with Gasteiger partial charge >= 0.3 is 0 Å². The van der Waals surface area contributed by atoms with Crippen molar-refractivity contribution < 1.29 is 9.53 Å². The first kappa shape index (κ1) is 11.9. The van der Waals surface area contributed by atoms with Crippen molar-refractivity contribution >= 4 is 11.6 Å². The summed E-state index contributed by atoms with van der Waals surface area (Å²) < 4.78 is 5.24. The minimum atomic E-state index is 0.0187. The van der Waals surface area contributed by atoms with Gasteiger partial charge in [-0.1, -0.05) is 0 Å². The number of carbonyl (C=O) groups is 1. The first-order valence-corrected chi connectivity index (χ1v) is 5.74. The van der Waals surface area contributed by atoms with Crippen LogP contribution in [-0.2, 0) is 4.74 Å². The summed E-state index contributed by atoms with van der Waals surface area (Å²) in [6, 6.07) is 1.88. The number of pyridine rings is 1. The maximum atomic E-state index is 12.3. The Hall–Kier alpha value is -1.62. The zero-order chi connectivity index (χ0) is 12.3. The number of nitrogens with one attached hydrogen (secondary N) is 1. The van der Waals surface area contributed by atoms with E-state index in [0.29, 0.717) is 31.9 Å². The Kier molecular flexibility index (Phi) is 3.58. The second-order valence-electron chi connectivity index (χ2n) is 4.03. The Morgan fingerprint density at radius 2 is 2.18 bits per heavy atom. The van der Waals surface area contributed by atoms with Gasteiger partial charge in [-0.3, -0.25) is 9.78 Å². The van der Waals surface area contributed by atoms with Crippen LogP contribution in [0.2, 0.25) is 0 Å². The predicted octanol–water partition coefficient (Wildman–Crippen LogP) is 0.904. The molecule has 1 fully saturated rings. The van der Waals surface area contributed by atoms with Crippen molar-refractivity contribution in [2.75, 3.05) is 38.7 Å². The van der Waals surface area contributed by atoms with Gasteiger partial charge in [0.2, 0.25) is 0 Å². The normalized spacial score (nSPS) is 15.8. The van der Waals surface area contributed by atoms with Crippen molar-refractivity contribution in [3.63, 3.8) is 0 Å². The third-order valence-electron chi connectivity index (χ3n) is 2.84. The zero-order valence-electron chi connectivity index (χ0n) is 10.2. The van der Waals surface area contributed by atoms with E-state index in [-0.39, 0.29) is 5.91 Å². The number of aryl methyl sites for hydroxylation is 1. The van der Waals surface area contributed by atoms with Gasteiger partial charge in [-0.2, -0.15) is 0 Å². The quantitative estimate of drug-likeness (QED) is 0.827. The standard InChI is InChI=1S/C12H17N3O2/c1-9-7-11(13-2)10(8-14-9)12(16)15-3-5-17-6-4-15/h7-8H,3-6H2,1-2H3,(H,13,14). The van der Waals surface area contributed by atoms with Crippen LogP contribution < -0.4 is 5.32 Å². The van der Waals surface area contributed by atoms with E-state index in [1.54, 1.807) is 11.1 Å². The van der Waals surface area contributed by atoms with E-state index in [1.807, 2.05) is 20.0 Å². The Bertz CT molecular complexity index is 414. The van der Waals surface area contributed by atoms with Crippen LogP contribution >= 0.6 is 0 Å². The lowest BCUT2D eigenvalue weighted by Crippen LogP contribution is -2.41. The molecule has 0 unspecified atom stereocenters. The number of hydrogen-bond acceptors (Lipinski definition) is 4. The molecule has 1 aliphatic rings. The van der Waals surface area contributed by atoms with E-state index < -0.39 is 0 Å². The number of nitrogens with zero attached hydrogens (tertiary/aromatic N) is 2. The summed E-state index contributed by atoms with van der Waals surface area (Å²) in [4.78, 5) is 18.3. The molecule has 5 heteroatoms. The number of aromatic nitrogens is 1. The molecule has 1 aromatic heterocycles. The second kappa shape index (κ2) is 5.14. The molecular formula is C12H17N3O2. The molecule has 5 nitrogen and oxygen atoms in total. The first-order valence-electron chi connectivity index (χ1n) is 5.74. The number of hydrogen-bond donors (Lipinski definition) is 1. The molecule has 1 N–H and O–H groups in total. The van der Waals surface area contributed by atoms with E-state index >= 15 is 0 Å². The maximum Gasteiger partial charge on any atom is 0.257 e. The van der Waals surface area contributed by atoms with Crippen LogP contribution in [0.1, 0.15) is 16.1 Å². The van der Waals surface area contributed by atoms with Crippen molar-refractivity contribution in [1.29, 1.82) is 0 Å². The number of ether oxygens (including phenoxy) is 1. The highest BCUT2D eigenvalue weighted by molar-refractivity contribution is 5.99. The zero-order valence-corrected chi connectivity index (χ0v) is 10.2. The van der Waals surface area contributed by atoms with Crippen LogP contribution in [0.3, 0.4) is 0 Å². The average molecular weight is 235 g/mol. The summed E-state index contributed by atoms with van der Waals surface area (Å²) in [5.74, 6) is 0.0187. The lowest BCUT2D eigenvalue weighted by atomic mass is 10.1. The van der Waals surface area contributed by atoms with Crippen molar-refractivity contribution in [3.8, 4) is 0 Å². The molecule has 92 valence electrons.